The first-order valence-corrected chi connectivity index (χ1v) is 3.72. The van der Waals surface area contributed by atoms with Gasteiger partial charge < -0.3 is 9.72 Å². The van der Waals surface area contributed by atoms with E-state index in [2.05, 4.69) is 16.3 Å². The molecule has 2 aromatic rings. The van der Waals surface area contributed by atoms with E-state index in [0.717, 1.165) is 22.3 Å². The van der Waals surface area contributed by atoms with Gasteiger partial charge in [0.05, 0.1) is 12.6 Å². The third-order valence-electron chi connectivity index (χ3n) is 1.89. The third kappa shape index (κ3) is 0.863. The van der Waals surface area contributed by atoms with Gasteiger partial charge in [0.1, 0.15) is 11.3 Å². The molecule has 1 radical (unpaired) electrons. The second kappa shape index (κ2) is 2.52. The van der Waals surface area contributed by atoms with Crippen molar-refractivity contribution in [2.45, 2.75) is 6.92 Å². The molecule has 3 nitrogen and oxygen atoms in total. The van der Waals surface area contributed by atoms with Crippen LogP contribution < -0.4 is 4.74 Å². The Morgan fingerprint density at radius 2 is 2.33 bits per heavy atom. The number of methoxy groups -OCH3 is 1. The Balaban J connectivity index is 2.83. The zero-order valence-electron chi connectivity index (χ0n) is 7.01. The lowest BCUT2D eigenvalue weighted by molar-refractivity contribution is 0.416. The summed E-state index contributed by atoms with van der Waals surface area (Å²) in [6.45, 7) is 1.99. The summed E-state index contributed by atoms with van der Waals surface area (Å²) in [5.41, 5.74) is 2.89. The van der Waals surface area contributed by atoms with Crippen molar-refractivity contribution in [3.05, 3.63) is 24.0 Å². The van der Waals surface area contributed by atoms with Crippen LogP contribution in [-0.2, 0) is 0 Å². The molecular weight excluding hydrogens is 152 g/mol. The molecule has 1 N–H and O–H groups in total. The number of hydrogen-bond donors (Lipinski definition) is 1. The van der Waals surface area contributed by atoms with E-state index < -0.39 is 0 Å². The van der Waals surface area contributed by atoms with Gasteiger partial charge >= 0.3 is 0 Å². The molecule has 0 saturated heterocycles. The van der Waals surface area contributed by atoms with E-state index in [9.17, 15) is 0 Å². The molecule has 0 atom stereocenters. The minimum Gasteiger partial charge on any atom is -0.494 e. The molecule has 0 aliphatic carbocycles. The average Bonchev–Trinajstić information content (AvgIpc) is 2.52. The van der Waals surface area contributed by atoms with E-state index in [0.29, 0.717) is 0 Å². The van der Waals surface area contributed by atoms with E-state index >= 15 is 0 Å². The normalized spacial score (nSPS) is 10.5. The SMILES string of the molecule is COc1c(C)ccc2[nH][c]nc12. The lowest BCUT2D eigenvalue weighted by atomic mass is 10.2. The highest BCUT2D eigenvalue weighted by atomic mass is 16.5. The second-order valence-corrected chi connectivity index (χ2v) is 2.66. The summed E-state index contributed by atoms with van der Waals surface area (Å²) in [6, 6.07) is 3.96. The Kier molecular flexibility index (Phi) is 1.50. The summed E-state index contributed by atoms with van der Waals surface area (Å²) < 4.78 is 5.21. The van der Waals surface area contributed by atoms with Crippen LogP contribution in [0.3, 0.4) is 0 Å². The molecule has 1 aromatic carbocycles. The molecule has 0 bridgehead atoms. The maximum atomic E-state index is 5.21. The zero-order valence-corrected chi connectivity index (χ0v) is 7.01. The van der Waals surface area contributed by atoms with Crippen LogP contribution in [0, 0.1) is 13.3 Å². The summed E-state index contributed by atoms with van der Waals surface area (Å²) >= 11 is 0. The summed E-state index contributed by atoms with van der Waals surface area (Å²) in [4.78, 5) is 6.95. The molecule has 0 saturated carbocycles. The summed E-state index contributed by atoms with van der Waals surface area (Å²) in [6.07, 6.45) is 2.68. The van der Waals surface area contributed by atoms with Crippen molar-refractivity contribution in [1.29, 1.82) is 0 Å². The lowest BCUT2D eigenvalue weighted by Gasteiger charge is -2.03. The number of aromatic amines is 1. The Morgan fingerprint density at radius 3 is 3.08 bits per heavy atom. The van der Waals surface area contributed by atoms with Crippen LogP contribution in [0.4, 0.5) is 0 Å². The van der Waals surface area contributed by atoms with Crippen molar-refractivity contribution in [2.75, 3.05) is 7.11 Å². The number of H-pyrrole nitrogens is 1. The fourth-order valence-corrected chi connectivity index (χ4v) is 1.29. The minimum absolute atomic E-state index is 0.824. The number of fused-ring (bicyclic) bond motifs is 1. The number of ether oxygens (including phenoxy) is 1. The Hall–Kier alpha value is -1.51. The number of nitrogens with zero attached hydrogens (tertiary/aromatic N) is 1. The van der Waals surface area contributed by atoms with Gasteiger partial charge in [-0.1, -0.05) is 6.07 Å². The highest BCUT2D eigenvalue weighted by Gasteiger charge is 2.05. The van der Waals surface area contributed by atoms with Crippen LogP contribution >= 0.6 is 0 Å². The van der Waals surface area contributed by atoms with Crippen molar-refractivity contribution < 1.29 is 4.74 Å². The van der Waals surface area contributed by atoms with Crippen LogP contribution in [0.25, 0.3) is 11.0 Å². The molecule has 0 unspecified atom stereocenters. The van der Waals surface area contributed by atoms with Crippen LogP contribution in [0.5, 0.6) is 5.75 Å². The van der Waals surface area contributed by atoms with Crippen LogP contribution in [-0.4, -0.2) is 17.1 Å². The molecule has 0 spiro atoms. The first-order chi connectivity index (χ1) is 5.83. The smallest absolute Gasteiger partial charge is 0.174 e. The largest absolute Gasteiger partial charge is 0.494 e. The van der Waals surface area contributed by atoms with Crippen molar-refractivity contribution in [3.8, 4) is 5.75 Å². The van der Waals surface area contributed by atoms with Crippen molar-refractivity contribution in [2.24, 2.45) is 0 Å². The molecule has 0 amide bonds. The number of rotatable bonds is 1. The molecule has 0 aliphatic heterocycles. The first-order valence-electron chi connectivity index (χ1n) is 3.72. The van der Waals surface area contributed by atoms with Gasteiger partial charge in [0.15, 0.2) is 6.33 Å². The molecule has 0 aliphatic rings. The molecule has 12 heavy (non-hydrogen) atoms. The van der Waals surface area contributed by atoms with Crippen molar-refractivity contribution in [1.82, 2.24) is 9.97 Å². The number of aromatic nitrogens is 2. The van der Waals surface area contributed by atoms with E-state index in [4.69, 9.17) is 4.74 Å². The standard InChI is InChI=1S/C9H9N2O/c1-6-3-4-7-8(9(6)12-2)11-5-10-7/h3-4H,1-2H3,(H,10,11). The van der Waals surface area contributed by atoms with Crippen LogP contribution in [0.15, 0.2) is 12.1 Å². The van der Waals surface area contributed by atoms with Gasteiger partial charge in [0.2, 0.25) is 0 Å². The highest BCUT2D eigenvalue weighted by molar-refractivity contribution is 5.82. The topological polar surface area (TPSA) is 37.9 Å². The summed E-state index contributed by atoms with van der Waals surface area (Å²) in [5.74, 6) is 0.824. The highest BCUT2D eigenvalue weighted by Crippen LogP contribution is 2.25. The Morgan fingerprint density at radius 1 is 1.50 bits per heavy atom. The van der Waals surface area contributed by atoms with E-state index in [1.165, 1.54) is 0 Å². The predicted molar refractivity (Wildman–Crippen MR) is 46.2 cm³/mol. The van der Waals surface area contributed by atoms with Crippen LogP contribution in [0.2, 0.25) is 0 Å². The van der Waals surface area contributed by atoms with E-state index in [1.54, 1.807) is 7.11 Å². The monoisotopic (exact) mass is 161 g/mol. The number of nitrogens with one attached hydrogen (secondary N) is 1. The Bertz CT molecular complexity index is 406. The minimum atomic E-state index is 0.824. The quantitative estimate of drug-likeness (QED) is 0.691. The molecule has 0 fully saturated rings. The number of hydrogen-bond acceptors (Lipinski definition) is 2. The summed E-state index contributed by atoms with van der Waals surface area (Å²) in [7, 11) is 1.65. The second-order valence-electron chi connectivity index (χ2n) is 2.66. The van der Waals surface area contributed by atoms with Crippen LogP contribution in [0.1, 0.15) is 5.56 Å². The van der Waals surface area contributed by atoms with E-state index in [-0.39, 0.29) is 0 Å². The molecule has 61 valence electrons. The maximum Gasteiger partial charge on any atom is 0.174 e. The van der Waals surface area contributed by atoms with Gasteiger partial charge in [-0.15, -0.1) is 0 Å². The molecule has 2 rings (SSSR count). The Labute approximate surface area is 70.4 Å². The molecule has 3 heteroatoms. The number of benzene rings is 1. The maximum absolute atomic E-state index is 5.21. The van der Waals surface area contributed by atoms with Crippen molar-refractivity contribution >= 4 is 11.0 Å². The fraction of sp³-hybridized carbons (Fsp3) is 0.222. The van der Waals surface area contributed by atoms with Gasteiger partial charge in [-0.25, -0.2) is 4.98 Å². The number of imidazole rings is 1. The molecule has 1 aromatic heterocycles. The average molecular weight is 161 g/mol. The molecule has 1 heterocycles. The van der Waals surface area contributed by atoms with Gasteiger partial charge in [-0.05, 0) is 18.6 Å². The molecular formula is C9H9N2O. The lowest BCUT2D eigenvalue weighted by Crippen LogP contribution is -1.87. The number of aryl methyl sites for hydroxylation is 1. The van der Waals surface area contributed by atoms with Gasteiger partial charge in [0, 0.05) is 0 Å². The van der Waals surface area contributed by atoms with Gasteiger partial charge in [-0.2, -0.15) is 0 Å². The van der Waals surface area contributed by atoms with Gasteiger partial charge in [0.25, 0.3) is 0 Å². The van der Waals surface area contributed by atoms with E-state index in [1.807, 2.05) is 19.1 Å². The van der Waals surface area contributed by atoms with Gasteiger partial charge in [-0.3, -0.25) is 0 Å². The summed E-state index contributed by atoms with van der Waals surface area (Å²) in [5, 5.41) is 0. The predicted octanol–water partition coefficient (Wildman–Crippen LogP) is 1.68. The fourth-order valence-electron chi connectivity index (χ4n) is 1.29. The van der Waals surface area contributed by atoms with Crippen molar-refractivity contribution in [3.63, 3.8) is 0 Å². The first kappa shape index (κ1) is 7.16. The zero-order chi connectivity index (χ0) is 8.55. The third-order valence-corrected chi connectivity index (χ3v) is 1.89.